The minimum atomic E-state index is 0.516. The predicted molar refractivity (Wildman–Crippen MR) is 80.7 cm³/mol. The van der Waals surface area contributed by atoms with Crippen molar-refractivity contribution in [2.45, 2.75) is 32.4 Å². The van der Waals surface area contributed by atoms with Gasteiger partial charge in [0.15, 0.2) is 0 Å². The van der Waals surface area contributed by atoms with Crippen molar-refractivity contribution in [2.24, 2.45) is 5.73 Å². The third kappa shape index (κ3) is 2.13. The molecular weight excluding hydrogens is 232 g/mol. The van der Waals surface area contributed by atoms with Crippen molar-refractivity contribution in [1.82, 2.24) is 0 Å². The molecule has 2 N–H and O–H groups in total. The van der Waals surface area contributed by atoms with Gasteiger partial charge in [-0.05, 0) is 43.0 Å². The summed E-state index contributed by atoms with van der Waals surface area (Å²) >= 11 is 0. The number of hydrogen-bond donors (Lipinski definition) is 1. The number of para-hydroxylation sites is 2. The Hall–Kier alpha value is -1.80. The van der Waals surface area contributed by atoms with Crippen LogP contribution in [0, 0.1) is 0 Å². The van der Waals surface area contributed by atoms with Gasteiger partial charge in [-0.1, -0.05) is 36.4 Å². The zero-order valence-corrected chi connectivity index (χ0v) is 11.3. The normalized spacial score (nSPS) is 18.2. The van der Waals surface area contributed by atoms with Crippen LogP contribution in [0.4, 0.5) is 11.4 Å². The van der Waals surface area contributed by atoms with Crippen molar-refractivity contribution in [3.8, 4) is 0 Å². The number of nitrogens with two attached hydrogens (primary N) is 1. The van der Waals surface area contributed by atoms with E-state index in [1.165, 1.54) is 35.3 Å². The van der Waals surface area contributed by atoms with Crippen LogP contribution in [0.2, 0.25) is 0 Å². The molecule has 98 valence electrons. The lowest BCUT2D eigenvalue weighted by molar-refractivity contribution is 0.616. The molecule has 1 atom stereocenters. The summed E-state index contributed by atoms with van der Waals surface area (Å²) in [4.78, 5) is 2.45. The van der Waals surface area contributed by atoms with E-state index in [4.69, 9.17) is 5.73 Å². The lowest BCUT2D eigenvalue weighted by Gasteiger charge is -2.38. The zero-order valence-electron chi connectivity index (χ0n) is 11.3. The van der Waals surface area contributed by atoms with Gasteiger partial charge in [-0.3, -0.25) is 0 Å². The molecule has 0 spiro atoms. The Morgan fingerprint density at radius 1 is 1.05 bits per heavy atom. The van der Waals surface area contributed by atoms with Crippen LogP contribution in [0.5, 0.6) is 0 Å². The maximum atomic E-state index is 5.90. The number of benzene rings is 2. The summed E-state index contributed by atoms with van der Waals surface area (Å²) in [5.74, 6) is 0. The first-order valence-corrected chi connectivity index (χ1v) is 6.96. The number of fused-ring (bicyclic) bond motifs is 1. The van der Waals surface area contributed by atoms with E-state index < -0.39 is 0 Å². The largest absolute Gasteiger partial charge is 0.338 e. The highest BCUT2D eigenvalue weighted by Crippen LogP contribution is 2.38. The van der Waals surface area contributed by atoms with Crippen LogP contribution in [0.15, 0.2) is 48.5 Å². The first-order valence-electron chi connectivity index (χ1n) is 6.96. The van der Waals surface area contributed by atoms with Crippen LogP contribution in [0.3, 0.4) is 0 Å². The summed E-state index contributed by atoms with van der Waals surface area (Å²) in [6, 6.07) is 17.7. The van der Waals surface area contributed by atoms with Crippen LogP contribution in [-0.4, -0.2) is 6.04 Å². The van der Waals surface area contributed by atoms with Gasteiger partial charge in [0.05, 0.1) is 0 Å². The Bertz CT molecular complexity index is 577. The first-order chi connectivity index (χ1) is 9.31. The molecule has 1 unspecified atom stereocenters. The average molecular weight is 252 g/mol. The number of rotatable bonds is 2. The summed E-state index contributed by atoms with van der Waals surface area (Å²) in [5, 5.41) is 0. The van der Waals surface area contributed by atoms with Gasteiger partial charge in [0.1, 0.15) is 0 Å². The van der Waals surface area contributed by atoms with Crippen LogP contribution in [-0.2, 0) is 13.0 Å². The van der Waals surface area contributed by atoms with E-state index in [-0.39, 0.29) is 0 Å². The lowest BCUT2D eigenvalue weighted by Crippen LogP contribution is -2.34. The van der Waals surface area contributed by atoms with Gasteiger partial charge in [-0.15, -0.1) is 0 Å². The molecule has 2 nitrogen and oxygen atoms in total. The second-order valence-electron chi connectivity index (χ2n) is 5.22. The van der Waals surface area contributed by atoms with Crippen molar-refractivity contribution in [3.05, 3.63) is 59.7 Å². The molecule has 2 aromatic rings. The molecule has 0 saturated heterocycles. The maximum Gasteiger partial charge on any atom is 0.0458 e. The van der Waals surface area contributed by atoms with Gasteiger partial charge < -0.3 is 10.6 Å². The standard InChI is InChI=1S/C17H20N2/c1-13-10-11-14-6-2-4-8-16(14)19(13)17-9-5-3-7-15(17)12-18/h2-9,13H,10-12,18H2,1H3. The van der Waals surface area contributed by atoms with Gasteiger partial charge in [0, 0.05) is 24.0 Å². The van der Waals surface area contributed by atoms with Gasteiger partial charge in [0.2, 0.25) is 0 Å². The molecule has 0 aromatic heterocycles. The second-order valence-corrected chi connectivity index (χ2v) is 5.22. The highest BCUT2D eigenvalue weighted by molar-refractivity contribution is 5.71. The van der Waals surface area contributed by atoms with Gasteiger partial charge in [-0.25, -0.2) is 0 Å². The van der Waals surface area contributed by atoms with Crippen molar-refractivity contribution < 1.29 is 0 Å². The molecule has 1 aliphatic rings. The Kier molecular flexibility index (Phi) is 3.26. The predicted octanol–water partition coefficient (Wildman–Crippen LogP) is 3.62. The van der Waals surface area contributed by atoms with Crippen LogP contribution in [0.25, 0.3) is 0 Å². The Morgan fingerprint density at radius 3 is 2.53 bits per heavy atom. The van der Waals surface area contributed by atoms with E-state index in [0.29, 0.717) is 12.6 Å². The molecule has 0 fully saturated rings. The summed E-state index contributed by atoms with van der Waals surface area (Å²) in [6.45, 7) is 2.88. The minimum absolute atomic E-state index is 0.516. The van der Waals surface area contributed by atoms with Gasteiger partial charge in [-0.2, -0.15) is 0 Å². The van der Waals surface area contributed by atoms with Crippen molar-refractivity contribution in [3.63, 3.8) is 0 Å². The highest BCUT2D eigenvalue weighted by Gasteiger charge is 2.25. The average Bonchev–Trinajstić information content (AvgIpc) is 2.47. The fourth-order valence-corrected chi connectivity index (χ4v) is 2.97. The molecule has 19 heavy (non-hydrogen) atoms. The SMILES string of the molecule is CC1CCc2ccccc2N1c1ccccc1CN. The molecule has 3 rings (SSSR count). The molecule has 0 aliphatic carbocycles. The fourth-order valence-electron chi connectivity index (χ4n) is 2.97. The van der Waals surface area contributed by atoms with Crippen molar-refractivity contribution >= 4 is 11.4 Å². The van der Waals surface area contributed by atoms with E-state index >= 15 is 0 Å². The number of nitrogens with zero attached hydrogens (tertiary/aromatic N) is 1. The number of hydrogen-bond acceptors (Lipinski definition) is 2. The number of aryl methyl sites for hydroxylation is 1. The van der Waals surface area contributed by atoms with E-state index in [1.54, 1.807) is 0 Å². The molecule has 2 aromatic carbocycles. The third-order valence-electron chi connectivity index (χ3n) is 3.99. The van der Waals surface area contributed by atoms with Crippen LogP contribution in [0.1, 0.15) is 24.5 Å². The Balaban J connectivity index is 2.13. The second kappa shape index (κ2) is 5.06. The third-order valence-corrected chi connectivity index (χ3v) is 3.99. The molecule has 2 heteroatoms. The zero-order chi connectivity index (χ0) is 13.2. The number of anilines is 2. The summed E-state index contributed by atoms with van der Waals surface area (Å²) in [5.41, 5.74) is 11.1. The monoisotopic (exact) mass is 252 g/mol. The van der Waals surface area contributed by atoms with Gasteiger partial charge >= 0.3 is 0 Å². The first kappa shape index (κ1) is 12.2. The summed E-state index contributed by atoms with van der Waals surface area (Å²) in [6.07, 6.45) is 2.36. The van der Waals surface area contributed by atoms with E-state index in [2.05, 4.69) is 60.4 Å². The molecule has 1 aliphatic heterocycles. The smallest absolute Gasteiger partial charge is 0.0458 e. The van der Waals surface area contributed by atoms with Gasteiger partial charge in [0.25, 0.3) is 0 Å². The van der Waals surface area contributed by atoms with Crippen molar-refractivity contribution in [1.29, 1.82) is 0 Å². The molecular formula is C17H20N2. The molecule has 0 saturated carbocycles. The van der Waals surface area contributed by atoms with Crippen LogP contribution < -0.4 is 10.6 Å². The maximum absolute atomic E-state index is 5.90. The van der Waals surface area contributed by atoms with Crippen LogP contribution >= 0.6 is 0 Å². The van der Waals surface area contributed by atoms with E-state index in [0.717, 1.165) is 0 Å². The fraction of sp³-hybridized carbons (Fsp3) is 0.294. The highest BCUT2D eigenvalue weighted by atomic mass is 15.2. The molecule has 0 amide bonds. The Labute approximate surface area is 114 Å². The lowest BCUT2D eigenvalue weighted by atomic mass is 9.95. The quantitative estimate of drug-likeness (QED) is 0.884. The molecule has 0 bridgehead atoms. The molecule has 1 heterocycles. The Morgan fingerprint density at radius 2 is 1.74 bits per heavy atom. The van der Waals surface area contributed by atoms with E-state index in [9.17, 15) is 0 Å². The summed E-state index contributed by atoms with van der Waals surface area (Å²) in [7, 11) is 0. The minimum Gasteiger partial charge on any atom is -0.338 e. The topological polar surface area (TPSA) is 29.3 Å². The summed E-state index contributed by atoms with van der Waals surface area (Å²) < 4.78 is 0. The van der Waals surface area contributed by atoms with Crippen molar-refractivity contribution in [2.75, 3.05) is 4.90 Å². The van der Waals surface area contributed by atoms with E-state index in [1.807, 2.05) is 0 Å². The molecule has 0 radical (unpaired) electrons.